The molecule has 0 atom stereocenters. The third-order valence-electron chi connectivity index (χ3n) is 2.60. The molecule has 2 rings (SSSR count). The number of hydrogen-bond acceptors (Lipinski definition) is 4. The van der Waals surface area contributed by atoms with Crippen LogP contribution >= 0.6 is 0 Å². The van der Waals surface area contributed by atoms with Crippen molar-refractivity contribution < 1.29 is 4.79 Å². The van der Waals surface area contributed by atoms with Crippen LogP contribution in [0.3, 0.4) is 0 Å². The first-order chi connectivity index (χ1) is 9.79. The van der Waals surface area contributed by atoms with Crippen molar-refractivity contribution in [3.63, 3.8) is 0 Å². The maximum atomic E-state index is 11.7. The van der Waals surface area contributed by atoms with Crippen LogP contribution in [0.4, 0.5) is 11.4 Å². The standard InChI is InChI=1S/C15H16N4O/c16-10-11-17-15(20)12-6-8-14(9-7-12)19-18-13-4-2-1-3-5-13/h1-9H,10-11,16H2,(H,17,20). The molecule has 0 saturated heterocycles. The van der Waals surface area contributed by atoms with Crippen LogP contribution in [0.15, 0.2) is 64.8 Å². The van der Waals surface area contributed by atoms with Gasteiger partial charge in [0.15, 0.2) is 0 Å². The van der Waals surface area contributed by atoms with E-state index in [1.165, 1.54) is 0 Å². The second-order valence-corrected chi connectivity index (χ2v) is 4.13. The number of carbonyl (C=O) groups excluding carboxylic acids is 1. The van der Waals surface area contributed by atoms with Crippen molar-refractivity contribution in [3.05, 3.63) is 60.2 Å². The molecule has 2 aromatic carbocycles. The average Bonchev–Trinajstić information content (AvgIpc) is 2.52. The lowest BCUT2D eigenvalue weighted by Crippen LogP contribution is -2.28. The van der Waals surface area contributed by atoms with Crippen LogP contribution in [0.25, 0.3) is 0 Å². The van der Waals surface area contributed by atoms with Crippen molar-refractivity contribution in [1.82, 2.24) is 5.32 Å². The Morgan fingerprint density at radius 1 is 0.950 bits per heavy atom. The first-order valence-corrected chi connectivity index (χ1v) is 6.35. The SMILES string of the molecule is NCCNC(=O)c1ccc(N=Nc2ccccc2)cc1. The predicted molar refractivity (Wildman–Crippen MR) is 78.4 cm³/mol. The normalized spacial score (nSPS) is 10.7. The number of nitrogens with one attached hydrogen (secondary N) is 1. The lowest BCUT2D eigenvalue weighted by molar-refractivity contribution is 0.0955. The molecule has 5 nitrogen and oxygen atoms in total. The van der Waals surface area contributed by atoms with Crippen LogP contribution in [0.2, 0.25) is 0 Å². The molecule has 0 unspecified atom stereocenters. The van der Waals surface area contributed by atoms with Gasteiger partial charge in [0.25, 0.3) is 5.91 Å². The van der Waals surface area contributed by atoms with Crippen molar-refractivity contribution in [2.24, 2.45) is 16.0 Å². The third-order valence-corrected chi connectivity index (χ3v) is 2.60. The highest BCUT2D eigenvalue weighted by molar-refractivity contribution is 5.94. The molecular formula is C15H16N4O. The Bertz CT molecular complexity index is 579. The largest absolute Gasteiger partial charge is 0.351 e. The number of rotatable bonds is 5. The van der Waals surface area contributed by atoms with E-state index in [0.717, 1.165) is 5.69 Å². The molecule has 1 amide bonds. The van der Waals surface area contributed by atoms with Gasteiger partial charge in [0.1, 0.15) is 0 Å². The second kappa shape index (κ2) is 7.16. The Morgan fingerprint density at radius 2 is 1.55 bits per heavy atom. The lowest BCUT2D eigenvalue weighted by Gasteiger charge is -2.03. The molecule has 0 fully saturated rings. The van der Waals surface area contributed by atoms with E-state index in [-0.39, 0.29) is 5.91 Å². The van der Waals surface area contributed by atoms with Crippen LogP contribution in [0.5, 0.6) is 0 Å². The van der Waals surface area contributed by atoms with Crippen molar-refractivity contribution in [2.75, 3.05) is 13.1 Å². The molecule has 5 heteroatoms. The van der Waals surface area contributed by atoms with Gasteiger partial charge in [-0.2, -0.15) is 10.2 Å². The molecule has 0 radical (unpaired) electrons. The van der Waals surface area contributed by atoms with E-state index in [2.05, 4.69) is 15.5 Å². The summed E-state index contributed by atoms with van der Waals surface area (Å²) >= 11 is 0. The molecule has 2 aromatic rings. The van der Waals surface area contributed by atoms with Crippen LogP contribution < -0.4 is 11.1 Å². The number of nitrogens with zero attached hydrogens (tertiary/aromatic N) is 2. The smallest absolute Gasteiger partial charge is 0.251 e. The molecule has 0 aliphatic rings. The van der Waals surface area contributed by atoms with Crippen LogP contribution in [0, 0.1) is 0 Å². The maximum Gasteiger partial charge on any atom is 0.251 e. The highest BCUT2D eigenvalue weighted by Crippen LogP contribution is 2.18. The molecule has 0 heterocycles. The fourth-order valence-corrected chi connectivity index (χ4v) is 1.58. The molecule has 0 aliphatic heterocycles. The summed E-state index contributed by atoms with van der Waals surface area (Å²) in [5, 5.41) is 10.9. The van der Waals surface area contributed by atoms with Gasteiger partial charge in [-0.25, -0.2) is 0 Å². The summed E-state index contributed by atoms with van der Waals surface area (Å²) in [5.41, 5.74) is 7.40. The quantitative estimate of drug-likeness (QED) is 0.818. The van der Waals surface area contributed by atoms with E-state index in [9.17, 15) is 4.79 Å². The Morgan fingerprint density at radius 3 is 2.15 bits per heavy atom. The minimum absolute atomic E-state index is 0.137. The van der Waals surface area contributed by atoms with E-state index in [0.29, 0.717) is 24.3 Å². The number of hydrogen-bond donors (Lipinski definition) is 2. The number of azo groups is 1. The average molecular weight is 268 g/mol. The number of nitrogens with two attached hydrogens (primary N) is 1. The number of benzene rings is 2. The second-order valence-electron chi connectivity index (χ2n) is 4.13. The van der Waals surface area contributed by atoms with Crippen molar-refractivity contribution in [3.8, 4) is 0 Å². The number of amides is 1. The molecule has 0 spiro atoms. The van der Waals surface area contributed by atoms with E-state index in [1.54, 1.807) is 24.3 Å². The zero-order chi connectivity index (χ0) is 14.2. The Labute approximate surface area is 117 Å². The summed E-state index contributed by atoms with van der Waals surface area (Å²) in [6.45, 7) is 0.892. The fraction of sp³-hybridized carbons (Fsp3) is 0.133. The summed E-state index contributed by atoms with van der Waals surface area (Å²) in [5.74, 6) is -0.137. The van der Waals surface area contributed by atoms with Gasteiger partial charge in [-0.05, 0) is 36.4 Å². The molecule has 3 N–H and O–H groups in total. The first kappa shape index (κ1) is 13.9. The van der Waals surface area contributed by atoms with Crippen LogP contribution in [-0.2, 0) is 0 Å². The molecule has 0 aromatic heterocycles. The zero-order valence-corrected chi connectivity index (χ0v) is 11.0. The van der Waals surface area contributed by atoms with Gasteiger partial charge in [0.05, 0.1) is 11.4 Å². The van der Waals surface area contributed by atoms with Gasteiger partial charge in [-0.1, -0.05) is 18.2 Å². The minimum Gasteiger partial charge on any atom is -0.351 e. The summed E-state index contributed by atoms with van der Waals surface area (Å²) in [7, 11) is 0. The van der Waals surface area contributed by atoms with Gasteiger partial charge in [-0.15, -0.1) is 0 Å². The Hall–Kier alpha value is -2.53. The van der Waals surface area contributed by atoms with Gasteiger partial charge in [0.2, 0.25) is 0 Å². The van der Waals surface area contributed by atoms with Crippen molar-refractivity contribution in [1.29, 1.82) is 0 Å². The number of carbonyl (C=O) groups is 1. The van der Waals surface area contributed by atoms with Crippen LogP contribution in [-0.4, -0.2) is 19.0 Å². The fourth-order valence-electron chi connectivity index (χ4n) is 1.58. The van der Waals surface area contributed by atoms with E-state index >= 15 is 0 Å². The summed E-state index contributed by atoms with van der Waals surface area (Å²) in [6, 6.07) is 16.4. The predicted octanol–water partition coefficient (Wildman–Crippen LogP) is 2.79. The van der Waals surface area contributed by atoms with Crippen molar-refractivity contribution in [2.45, 2.75) is 0 Å². The molecular weight excluding hydrogens is 252 g/mol. The highest BCUT2D eigenvalue weighted by Gasteiger charge is 2.03. The molecule has 102 valence electrons. The molecule has 20 heavy (non-hydrogen) atoms. The summed E-state index contributed by atoms with van der Waals surface area (Å²) in [4.78, 5) is 11.7. The summed E-state index contributed by atoms with van der Waals surface area (Å²) < 4.78 is 0. The summed E-state index contributed by atoms with van der Waals surface area (Å²) in [6.07, 6.45) is 0. The van der Waals surface area contributed by atoms with Gasteiger partial charge in [-0.3, -0.25) is 4.79 Å². The highest BCUT2D eigenvalue weighted by atomic mass is 16.1. The van der Waals surface area contributed by atoms with E-state index in [1.807, 2.05) is 30.3 Å². The van der Waals surface area contributed by atoms with Crippen molar-refractivity contribution >= 4 is 17.3 Å². The van der Waals surface area contributed by atoms with Gasteiger partial charge < -0.3 is 11.1 Å². The van der Waals surface area contributed by atoms with E-state index < -0.39 is 0 Å². The molecule has 0 aliphatic carbocycles. The lowest BCUT2D eigenvalue weighted by atomic mass is 10.2. The Balaban J connectivity index is 2.01. The van der Waals surface area contributed by atoms with Crippen LogP contribution in [0.1, 0.15) is 10.4 Å². The maximum absolute atomic E-state index is 11.7. The third kappa shape index (κ3) is 4.00. The monoisotopic (exact) mass is 268 g/mol. The Kier molecular flexibility index (Phi) is 4.97. The molecule has 0 saturated carbocycles. The van der Waals surface area contributed by atoms with Gasteiger partial charge in [0, 0.05) is 18.7 Å². The first-order valence-electron chi connectivity index (χ1n) is 6.35. The van der Waals surface area contributed by atoms with Gasteiger partial charge >= 0.3 is 0 Å². The topological polar surface area (TPSA) is 79.8 Å². The van der Waals surface area contributed by atoms with E-state index in [4.69, 9.17) is 5.73 Å². The minimum atomic E-state index is -0.137. The zero-order valence-electron chi connectivity index (χ0n) is 11.0. The molecule has 0 bridgehead atoms.